The zero-order chi connectivity index (χ0) is 23.9. The van der Waals surface area contributed by atoms with Crippen LogP contribution in [0.5, 0.6) is 17.2 Å². The fourth-order valence-corrected chi connectivity index (χ4v) is 4.10. The first-order valence-electron chi connectivity index (χ1n) is 11.2. The fourth-order valence-electron chi connectivity index (χ4n) is 4.10. The molecule has 2 heterocycles. The highest BCUT2D eigenvalue weighted by Crippen LogP contribution is 2.31. The van der Waals surface area contributed by atoms with E-state index in [2.05, 4.69) is 10.3 Å². The number of aromatic nitrogens is 2. The van der Waals surface area contributed by atoms with Gasteiger partial charge in [-0.1, -0.05) is 24.3 Å². The van der Waals surface area contributed by atoms with Crippen LogP contribution in [-0.4, -0.2) is 43.2 Å². The first-order chi connectivity index (χ1) is 16.6. The third-order valence-electron chi connectivity index (χ3n) is 5.87. The van der Waals surface area contributed by atoms with Gasteiger partial charge in [0.1, 0.15) is 11.4 Å². The maximum Gasteiger partial charge on any atom is 0.221 e. The van der Waals surface area contributed by atoms with Crippen LogP contribution in [0.1, 0.15) is 29.2 Å². The Bertz CT molecular complexity index is 1270. The third kappa shape index (κ3) is 5.14. The van der Waals surface area contributed by atoms with Gasteiger partial charge in [0.25, 0.3) is 0 Å². The molecule has 2 aromatic carbocycles. The van der Waals surface area contributed by atoms with Crippen LogP contribution in [0.4, 0.5) is 0 Å². The molecule has 4 rings (SSSR count). The van der Waals surface area contributed by atoms with Crippen LogP contribution in [0.3, 0.4) is 0 Å². The molecule has 0 saturated heterocycles. The van der Waals surface area contributed by atoms with Gasteiger partial charge in [-0.05, 0) is 53.9 Å². The molecule has 0 aliphatic rings. The largest absolute Gasteiger partial charge is 0.497 e. The predicted octanol–water partition coefficient (Wildman–Crippen LogP) is 4.24. The number of amides is 1. The average Bonchev–Trinajstić information content (AvgIpc) is 3.31. The lowest BCUT2D eigenvalue weighted by Gasteiger charge is -2.18. The number of nitrogens with zero attached hydrogens (tertiary/aromatic N) is 2. The van der Waals surface area contributed by atoms with Crippen molar-refractivity contribution in [3.63, 3.8) is 0 Å². The molecule has 0 bridgehead atoms. The number of ether oxygens (including phenoxy) is 3. The molecule has 0 fully saturated rings. The molecule has 34 heavy (non-hydrogen) atoms. The number of nitrogens with one attached hydrogen (secondary N) is 1. The smallest absolute Gasteiger partial charge is 0.221 e. The molecule has 0 spiro atoms. The Morgan fingerprint density at radius 1 is 0.971 bits per heavy atom. The number of imidazole rings is 1. The summed E-state index contributed by atoms with van der Waals surface area (Å²) >= 11 is 0. The summed E-state index contributed by atoms with van der Waals surface area (Å²) in [7, 11) is 4.87. The second-order valence-corrected chi connectivity index (χ2v) is 7.93. The van der Waals surface area contributed by atoms with Crippen molar-refractivity contribution >= 4 is 11.6 Å². The molecule has 0 saturated carbocycles. The highest BCUT2D eigenvalue weighted by Gasteiger charge is 2.22. The molecule has 7 nitrogen and oxygen atoms in total. The molecule has 0 aliphatic carbocycles. The van der Waals surface area contributed by atoms with Gasteiger partial charge in [-0.2, -0.15) is 0 Å². The van der Waals surface area contributed by atoms with E-state index in [0.29, 0.717) is 30.9 Å². The van der Waals surface area contributed by atoms with Crippen LogP contribution in [-0.2, 0) is 11.2 Å². The Balaban J connectivity index is 1.49. The molecule has 4 aromatic rings. The van der Waals surface area contributed by atoms with Crippen LogP contribution in [0.2, 0.25) is 0 Å². The summed E-state index contributed by atoms with van der Waals surface area (Å²) in [6.07, 6.45) is 4.80. The van der Waals surface area contributed by atoms with E-state index in [4.69, 9.17) is 14.2 Å². The van der Waals surface area contributed by atoms with Gasteiger partial charge in [0.2, 0.25) is 5.91 Å². The van der Waals surface area contributed by atoms with Gasteiger partial charge < -0.3 is 23.9 Å². The minimum atomic E-state index is -0.173. The van der Waals surface area contributed by atoms with Gasteiger partial charge in [0.15, 0.2) is 11.5 Å². The standard InChI is InChI=1S/C27H29N3O4/c1-32-21-8-6-7-20(16-21)22(23-18-29-26-9-4-5-14-30(23)26)17-27(31)28-13-12-19-10-11-24(33-2)25(15-19)34-3/h4-11,14-16,18,22H,12-13,17H2,1-3H3,(H,28,31)/t22-/m1/s1. The van der Waals surface area contributed by atoms with Crippen molar-refractivity contribution in [1.82, 2.24) is 14.7 Å². The number of rotatable bonds is 10. The van der Waals surface area contributed by atoms with E-state index in [1.807, 2.05) is 77.5 Å². The van der Waals surface area contributed by atoms with Gasteiger partial charge in [0, 0.05) is 31.3 Å². The van der Waals surface area contributed by atoms with E-state index in [0.717, 1.165) is 28.2 Å². The highest BCUT2D eigenvalue weighted by atomic mass is 16.5. The summed E-state index contributed by atoms with van der Waals surface area (Å²) in [6, 6.07) is 19.5. The quantitative estimate of drug-likeness (QED) is 0.384. The average molecular weight is 460 g/mol. The number of carbonyl (C=O) groups excluding carboxylic acids is 1. The number of carbonyl (C=O) groups is 1. The second-order valence-electron chi connectivity index (χ2n) is 7.93. The minimum absolute atomic E-state index is 0.0285. The minimum Gasteiger partial charge on any atom is -0.497 e. The van der Waals surface area contributed by atoms with Gasteiger partial charge in [-0.3, -0.25) is 4.79 Å². The van der Waals surface area contributed by atoms with Gasteiger partial charge in [-0.25, -0.2) is 4.98 Å². The van der Waals surface area contributed by atoms with E-state index in [-0.39, 0.29) is 11.8 Å². The molecule has 1 amide bonds. The fraction of sp³-hybridized carbons (Fsp3) is 0.259. The number of hydrogen-bond acceptors (Lipinski definition) is 5. The molecule has 2 aromatic heterocycles. The van der Waals surface area contributed by atoms with Crippen molar-refractivity contribution < 1.29 is 19.0 Å². The highest BCUT2D eigenvalue weighted by molar-refractivity contribution is 5.77. The zero-order valence-electron chi connectivity index (χ0n) is 19.7. The molecular formula is C27H29N3O4. The van der Waals surface area contributed by atoms with Crippen molar-refractivity contribution in [1.29, 1.82) is 0 Å². The molecule has 7 heteroatoms. The zero-order valence-corrected chi connectivity index (χ0v) is 19.7. The Morgan fingerprint density at radius 2 is 1.82 bits per heavy atom. The number of benzene rings is 2. The van der Waals surface area contributed by atoms with Gasteiger partial charge >= 0.3 is 0 Å². The van der Waals surface area contributed by atoms with Crippen molar-refractivity contribution in [2.45, 2.75) is 18.8 Å². The Labute approximate surface area is 199 Å². The van der Waals surface area contributed by atoms with Crippen LogP contribution < -0.4 is 19.5 Å². The summed E-state index contributed by atoms with van der Waals surface area (Å²) in [6.45, 7) is 0.520. The Hall–Kier alpha value is -4.00. The van der Waals surface area contributed by atoms with Crippen molar-refractivity contribution in [3.05, 3.63) is 89.9 Å². The first-order valence-corrected chi connectivity index (χ1v) is 11.2. The van der Waals surface area contributed by atoms with Crippen LogP contribution >= 0.6 is 0 Å². The van der Waals surface area contributed by atoms with Crippen molar-refractivity contribution in [2.24, 2.45) is 0 Å². The number of hydrogen-bond donors (Lipinski definition) is 1. The monoisotopic (exact) mass is 459 g/mol. The predicted molar refractivity (Wildman–Crippen MR) is 131 cm³/mol. The summed E-state index contributed by atoms with van der Waals surface area (Å²) in [5.74, 6) is 1.92. The normalized spacial score (nSPS) is 11.7. The number of fused-ring (bicyclic) bond motifs is 1. The summed E-state index contributed by atoms with van der Waals surface area (Å²) < 4.78 is 18.1. The summed E-state index contributed by atoms with van der Waals surface area (Å²) in [5.41, 5.74) is 3.86. The summed E-state index contributed by atoms with van der Waals surface area (Å²) in [4.78, 5) is 17.5. The SMILES string of the molecule is COc1cccc([C@@H](CC(=O)NCCc2ccc(OC)c(OC)c2)c2cnc3ccccn23)c1. The van der Waals surface area contributed by atoms with E-state index >= 15 is 0 Å². The van der Waals surface area contributed by atoms with Crippen molar-refractivity contribution in [2.75, 3.05) is 27.9 Å². The molecule has 0 radical (unpaired) electrons. The lowest BCUT2D eigenvalue weighted by atomic mass is 9.92. The van der Waals surface area contributed by atoms with Crippen LogP contribution in [0.15, 0.2) is 73.1 Å². The van der Waals surface area contributed by atoms with Gasteiger partial charge in [-0.15, -0.1) is 0 Å². The van der Waals surface area contributed by atoms with Gasteiger partial charge in [0.05, 0.1) is 27.0 Å². The number of pyridine rings is 1. The third-order valence-corrected chi connectivity index (χ3v) is 5.87. The molecule has 0 unspecified atom stereocenters. The van der Waals surface area contributed by atoms with E-state index in [1.165, 1.54) is 0 Å². The van der Waals surface area contributed by atoms with E-state index in [1.54, 1.807) is 21.3 Å². The van der Waals surface area contributed by atoms with E-state index < -0.39 is 0 Å². The van der Waals surface area contributed by atoms with E-state index in [9.17, 15) is 4.79 Å². The second kappa shape index (κ2) is 10.7. The Morgan fingerprint density at radius 3 is 2.62 bits per heavy atom. The number of methoxy groups -OCH3 is 3. The lowest BCUT2D eigenvalue weighted by molar-refractivity contribution is -0.121. The molecule has 176 valence electrons. The topological polar surface area (TPSA) is 74.1 Å². The molecule has 1 atom stereocenters. The molecule has 1 N–H and O–H groups in total. The summed E-state index contributed by atoms with van der Waals surface area (Å²) in [5, 5.41) is 3.06. The maximum atomic E-state index is 13.0. The van der Waals surface area contributed by atoms with Crippen LogP contribution in [0, 0.1) is 0 Å². The van der Waals surface area contributed by atoms with Crippen molar-refractivity contribution in [3.8, 4) is 17.2 Å². The molecule has 0 aliphatic heterocycles. The lowest BCUT2D eigenvalue weighted by Crippen LogP contribution is -2.27. The van der Waals surface area contributed by atoms with Crippen LogP contribution in [0.25, 0.3) is 5.65 Å². The maximum absolute atomic E-state index is 13.0. The molecular weight excluding hydrogens is 430 g/mol. The first kappa shape index (κ1) is 23.2. The Kier molecular flexibility index (Phi) is 7.32.